The molecule has 1 atom stereocenters. The van der Waals surface area contributed by atoms with Crippen molar-refractivity contribution in [2.24, 2.45) is 0 Å². The van der Waals surface area contributed by atoms with E-state index in [0.29, 0.717) is 25.7 Å². The van der Waals surface area contributed by atoms with Crippen molar-refractivity contribution in [1.82, 2.24) is 13.9 Å². The lowest BCUT2D eigenvalue weighted by Gasteiger charge is -2.18. The molecule has 0 aliphatic carbocycles. The van der Waals surface area contributed by atoms with E-state index in [2.05, 4.69) is 19.2 Å². The van der Waals surface area contributed by atoms with Crippen LogP contribution in [0.1, 0.15) is 39.5 Å². The van der Waals surface area contributed by atoms with Crippen molar-refractivity contribution in [1.29, 1.82) is 0 Å². The first-order chi connectivity index (χ1) is 8.48. The van der Waals surface area contributed by atoms with Crippen LogP contribution < -0.4 is 5.32 Å². The predicted molar refractivity (Wildman–Crippen MR) is 74.7 cm³/mol. The zero-order valence-corrected chi connectivity index (χ0v) is 12.7. The van der Waals surface area contributed by atoms with Gasteiger partial charge in [-0.1, -0.05) is 26.2 Å². The summed E-state index contributed by atoms with van der Waals surface area (Å²) in [6, 6.07) is 0.472. The summed E-state index contributed by atoms with van der Waals surface area (Å²) in [6.07, 6.45) is 4.93. The number of nitrogens with one attached hydrogen (secondary N) is 1. The molecule has 0 aromatic heterocycles. The summed E-state index contributed by atoms with van der Waals surface area (Å²) < 4.78 is 26.6. The van der Waals surface area contributed by atoms with E-state index in [-0.39, 0.29) is 0 Å². The summed E-state index contributed by atoms with van der Waals surface area (Å²) in [5.41, 5.74) is 0. The van der Waals surface area contributed by atoms with Gasteiger partial charge in [0.05, 0.1) is 0 Å². The topological polar surface area (TPSA) is 52.6 Å². The first kappa shape index (κ1) is 15.9. The van der Waals surface area contributed by atoms with Crippen molar-refractivity contribution in [3.63, 3.8) is 0 Å². The van der Waals surface area contributed by atoms with E-state index >= 15 is 0 Å². The van der Waals surface area contributed by atoms with Gasteiger partial charge in [-0.25, -0.2) is 0 Å². The predicted octanol–water partition coefficient (Wildman–Crippen LogP) is 1.04. The van der Waals surface area contributed by atoms with E-state index in [1.165, 1.54) is 30.0 Å². The Morgan fingerprint density at radius 1 is 1.28 bits per heavy atom. The van der Waals surface area contributed by atoms with Gasteiger partial charge in [-0.05, 0) is 13.3 Å². The summed E-state index contributed by atoms with van der Waals surface area (Å²) in [6.45, 7) is 6.90. The quantitative estimate of drug-likeness (QED) is 0.674. The third-order valence-electron chi connectivity index (χ3n) is 3.48. The molecule has 0 aromatic rings. The molecule has 1 fully saturated rings. The molecule has 0 saturated carbocycles. The fourth-order valence-electron chi connectivity index (χ4n) is 2.15. The third-order valence-corrected chi connectivity index (χ3v) is 5.47. The molecule has 1 aliphatic rings. The molecular weight excluding hydrogens is 250 g/mol. The Morgan fingerprint density at radius 2 is 2.00 bits per heavy atom. The zero-order chi connectivity index (χ0) is 13.6. The maximum atomic E-state index is 11.8. The minimum atomic E-state index is -3.16. The molecule has 0 radical (unpaired) electrons. The number of hydrogen-bond acceptors (Lipinski definition) is 3. The summed E-state index contributed by atoms with van der Waals surface area (Å²) in [4.78, 5) is 0. The van der Waals surface area contributed by atoms with Crippen molar-refractivity contribution in [2.75, 3.05) is 33.2 Å². The average molecular weight is 277 g/mol. The Bertz CT molecular complexity index is 332. The van der Waals surface area contributed by atoms with Crippen LogP contribution in [0.2, 0.25) is 0 Å². The molecule has 0 aromatic carbocycles. The molecule has 0 bridgehead atoms. The molecule has 1 aliphatic heterocycles. The van der Waals surface area contributed by atoms with Crippen LogP contribution in [-0.4, -0.2) is 56.3 Å². The summed E-state index contributed by atoms with van der Waals surface area (Å²) in [7, 11) is -1.52. The molecule has 1 unspecified atom stereocenters. The van der Waals surface area contributed by atoms with Crippen molar-refractivity contribution in [2.45, 2.75) is 45.6 Å². The molecule has 0 amide bonds. The average Bonchev–Trinajstić information content (AvgIpc) is 2.56. The van der Waals surface area contributed by atoms with Gasteiger partial charge in [-0.15, -0.1) is 0 Å². The third kappa shape index (κ3) is 4.50. The largest absolute Gasteiger partial charge is 0.313 e. The van der Waals surface area contributed by atoms with Crippen molar-refractivity contribution >= 4 is 10.2 Å². The Morgan fingerprint density at radius 3 is 2.56 bits per heavy atom. The van der Waals surface area contributed by atoms with Crippen LogP contribution in [0.15, 0.2) is 0 Å². The second-order valence-electron chi connectivity index (χ2n) is 5.08. The Hall–Kier alpha value is -0.170. The number of unbranched alkanes of at least 4 members (excludes halogenated alkanes) is 2. The molecule has 6 heteroatoms. The molecular formula is C12H27N3O2S. The first-order valence-electron chi connectivity index (χ1n) is 6.93. The Labute approximate surface area is 112 Å². The van der Waals surface area contributed by atoms with Gasteiger partial charge in [0.1, 0.15) is 0 Å². The van der Waals surface area contributed by atoms with Crippen LogP contribution >= 0.6 is 0 Å². The number of hydrogen-bond donors (Lipinski definition) is 1. The van der Waals surface area contributed by atoms with E-state index in [0.717, 1.165) is 6.54 Å². The second-order valence-corrected chi connectivity index (χ2v) is 7.11. The molecule has 0 spiro atoms. The second kappa shape index (κ2) is 7.43. The molecule has 1 heterocycles. The highest BCUT2D eigenvalue weighted by molar-refractivity contribution is 7.87. The molecule has 1 N–H and O–H groups in total. The van der Waals surface area contributed by atoms with Crippen LogP contribution in [0.4, 0.5) is 0 Å². The van der Waals surface area contributed by atoms with Gasteiger partial charge < -0.3 is 5.32 Å². The maximum Gasteiger partial charge on any atom is 0.281 e. The lowest BCUT2D eigenvalue weighted by Crippen LogP contribution is -2.38. The summed E-state index contributed by atoms with van der Waals surface area (Å²) in [5.74, 6) is 0. The van der Waals surface area contributed by atoms with Crippen LogP contribution in [-0.2, 0) is 10.2 Å². The highest BCUT2D eigenvalue weighted by Crippen LogP contribution is 2.12. The van der Waals surface area contributed by atoms with E-state index < -0.39 is 10.2 Å². The normalized spacial score (nSPS) is 22.4. The molecule has 1 saturated heterocycles. The summed E-state index contributed by atoms with van der Waals surface area (Å²) >= 11 is 0. The molecule has 108 valence electrons. The standard InChI is InChI=1S/C12H27N3O2S/c1-4-5-6-7-12(2)13-8-9-15-11-10-14(3)18(15,16)17/h12-13H,4-11H2,1-3H3. The zero-order valence-electron chi connectivity index (χ0n) is 11.9. The monoisotopic (exact) mass is 277 g/mol. The van der Waals surface area contributed by atoms with Gasteiger partial charge in [0, 0.05) is 39.3 Å². The minimum absolute atomic E-state index is 0.472. The molecule has 18 heavy (non-hydrogen) atoms. The smallest absolute Gasteiger partial charge is 0.281 e. The van der Waals surface area contributed by atoms with E-state index in [9.17, 15) is 8.42 Å². The first-order valence-corrected chi connectivity index (χ1v) is 8.33. The molecule has 5 nitrogen and oxygen atoms in total. The Kier molecular flexibility index (Phi) is 6.55. The number of nitrogens with zero attached hydrogens (tertiary/aromatic N) is 2. The fraction of sp³-hybridized carbons (Fsp3) is 1.00. The number of rotatable bonds is 8. The highest BCUT2D eigenvalue weighted by Gasteiger charge is 2.32. The SMILES string of the molecule is CCCCCC(C)NCCN1CCN(C)S1(=O)=O. The lowest BCUT2D eigenvalue weighted by atomic mass is 10.1. The molecule has 1 rings (SSSR count). The van der Waals surface area contributed by atoms with Crippen molar-refractivity contribution in [3.8, 4) is 0 Å². The van der Waals surface area contributed by atoms with Crippen LogP contribution in [0.5, 0.6) is 0 Å². The fourth-order valence-corrected chi connectivity index (χ4v) is 3.49. The van der Waals surface area contributed by atoms with Gasteiger partial charge >= 0.3 is 0 Å². The van der Waals surface area contributed by atoms with Crippen LogP contribution in [0.3, 0.4) is 0 Å². The van der Waals surface area contributed by atoms with Crippen LogP contribution in [0, 0.1) is 0 Å². The van der Waals surface area contributed by atoms with Gasteiger partial charge in [0.15, 0.2) is 0 Å². The van der Waals surface area contributed by atoms with Crippen molar-refractivity contribution < 1.29 is 8.42 Å². The lowest BCUT2D eigenvalue weighted by molar-refractivity contribution is 0.413. The van der Waals surface area contributed by atoms with Gasteiger partial charge in [-0.2, -0.15) is 17.0 Å². The summed E-state index contributed by atoms with van der Waals surface area (Å²) in [5, 5.41) is 3.40. The van der Waals surface area contributed by atoms with Gasteiger partial charge in [0.2, 0.25) is 0 Å². The van der Waals surface area contributed by atoms with E-state index in [4.69, 9.17) is 0 Å². The van der Waals surface area contributed by atoms with Gasteiger partial charge in [0.25, 0.3) is 10.2 Å². The highest BCUT2D eigenvalue weighted by atomic mass is 32.2. The minimum Gasteiger partial charge on any atom is -0.313 e. The van der Waals surface area contributed by atoms with E-state index in [1.807, 2.05) is 0 Å². The van der Waals surface area contributed by atoms with Gasteiger partial charge in [-0.3, -0.25) is 0 Å². The van der Waals surface area contributed by atoms with Crippen LogP contribution in [0.25, 0.3) is 0 Å². The van der Waals surface area contributed by atoms with Crippen molar-refractivity contribution in [3.05, 3.63) is 0 Å². The Balaban J connectivity index is 2.18. The maximum absolute atomic E-state index is 11.8. The number of likely N-dealkylation sites (N-methyl/N-ethyl adjacent to an activating group) is 1. The van der Waals surface area contributed by atoms with E-state index in [1.54, 1.807) is 11.4 Å².